The van der Waals surface area contributed by atoms with Gasteiger partial charge in [-0.2, -0.15) is 0 Å². The van der Waals surface area contributed by atoms with Crippen LogP contribution in [0.15, 0.2) is 84.9 Å². The monoisotopic (exact) mass is 866 g/mol. The second-order valence-corrected chi connectivity index (χ2v) is 16.2. The summed E-state index contributed by atoms with van der Waals surface area (Å²) in [5, 5.41) is 33.7. The van der Waals surface area contributed by atoms with Crippen LogP contribution in [0.25, 0.3) is 22.3 Å². The van der Waals surface area contributed by atoms with Gasteiger partial charge >= 0.3 is 0 Å². The number of epoxide rings is 1. The maximum atomic E-state index is 14.6. The fourth-order valence-electron chi connectivity index (χ4n) is 7.45. The smallest absolute Gasteiger partial charge is 0.251 e. The molecular formula is C46H51ClN6O9. The van der Waals surface area contributed by atoms with Crippen LogP contribution in [-0.4, -0.2) is 100 Å². The number of hydrogen-bond donors (Lipinski definition) is 7. The third-order valence-corrected chi connectivity index (χ3v) is 11.4. The second kappa shape index (κ2) is 19.6. The summed E-state index contributed by atoms with van der Waals surface area (Å²) in [6.07, 6.45) is 0.211. The average molecular weight is 867 g/mol. The first-order valence-electron chi connectivity index (χ1n) is 20.4. The van der Waals surface area contributed by atoms with Crippen molar-refractivity contribution < 1.29 is 43.7 Å². The second-order valence-electron chi connectivity index (χ2n) is 15.8. The molecule has 0 aromatic heterocycles. The lowest BCUT2D eigenvalue weighted by Gasteiger charge is -2.32. The van der Waals surface area contributed by atoms with E-state index in [4.69, 9.17) is 22.1 Å². The number of phenols is 2. The van der Waals surface area contributed by atoms with E-state index in [0.29, 0.717) is 35.5 Å². The van der Waals surface area contributed by atoms with Crippen molar-refractivity contribution in [1.29, 1.82) is 0 Å². The molecule has 2 heterocycles. The van der Waals surface area contributed by atoms with E-state index in [-0.39, 0.29) is 52.9 Å². The number of likely N-dealkylation sites (N-methyl/N-ethyl adjacent to an activating group) is 1. The summed E-state index contributed by atoms with van der Waals surface area (Å²) >= 11 is 6.05. The van der Waals surface area contributed by atoms with Crippen LogP contribution in [0, 0.1) is 0 Å². The van der Waals surface area contributed by atoms with Gasteiger partial charge in [-0.25, -0.2) is 0 Å². The first kappa shape index (κ1) is 45.2. The number of aromatic hydroxyl groups is 2. The van der Waals surface area contributed by atoms with Crippen LogP contribution in [0.2, 0.25) is 5.02 Å². The van der Waals surface area contributed by atoms with Crippen molar-refractivity contribution in [3.05, 3.63) is 107 Å². The van der Waals surface area contributed by atoms with Gasteiger partial charge in [0.2, 0.25) is 23.6 Å². The molecule has 16 heteroatoms. The SMILES string of the molecule is CC1OC1C(=O)[C@H](C)NC(=O)C1Cc2ccc(O)c(c2)-c2cc(ccc2O)[C@H](N(C)C(=O)[C@H](CCCCN)NC(=O)c2ccc(-c3ccc(Cl)cc3)cc2)C(=O)N[C@@H](C)C(=O)N1. The maximum absolute atomic E-state index is 14.6. The van der Waals surface area contributed by atoms with Crippen LogP contribution in [0.5, 0.6) is 11.5 Å². The van der Waals surface area contributed by atoms with Crippen LogP contribution >= 0.6 is 11.6 Å². The molecular weight excluding hydrogens is 816 g/mol. The van der Waals surface area contributed by atoms with Gasteiger partial charge in [0.05, 0.1) is 12.1 Å². The quantitative estimate of drug-likeness (QED) is 0.0756. The maximum Gasteiger partial charge on any atom is 0.251 e. The predicted octanol–water partition coefficient (Wildman–Crippen LogP) is 3.92. The number of benzene rings is 4. The summed E-state index contributed by atoms with van der Waals surface area (Å²) in [5.41, 5.74) is 8.78. The molecule has 15 nitrogen and oxygen atoms in total. The van der Waals surface area contributed by atoms with Crippen molar-refractivity contribution in [2.45, 2.75) is 88.9 Å². The lowest BCUT2D eigenvalue weighted by Crippen LogP contribution is -2.57. The number of nitrogens with zero attached hydrogens (tertiary/aromatic N) is 1. The molecule has 4 aromatic rings. The van der Waals surface area contributed by atoms with E-state index in [2.05, 4.69) is 21.3 Å². The minimum atomic E-state index is -1.43. The summed E-state index contributed by atoms with van der Waals surface area (Å²) in [6.45, 7) is 5.02. The molecule has 0 saturated carbocycles. The van der Waals surface area contributed by atoms with E-state index in [1.54, 1.807) is 55.5 Å². The Kier molecular flexibility index (Phi) is 14.3. The number of carbonyl (C=O) groups excluding carboxylic acids is 6. The molecule has 1 saturated heterocycles. The Hall–Kier alpha value is -6.29. The lowest BCUT2D eigenvalue weighted by atomic mass is 9.93. The normalized spacial score (nSPS) is 20.6. The van der Waals surface area contributed by atoms with Crippen LogP contribution in [0.1, 0.15) is 67.6 Å². The number of fused-ring (bicyclic) bond motifs is 5. The van der Waals surface area contributed by atoms with Crippen molar-refractivity contribution >= 4 is 46.9 Å². The highest BCUT2D eigenvalue weighted by Crippen LogP contribution is 2.39. The minimum absolute atomic E-state index is 0.0904. The molecule has 2 aliphatic heterocycles. The third kappa shape index (κ3) is 10.6. The highest BCUT2D eigenvalue weighted by molar-refractivity contribution is 6.30. The largest absolute Gasteiger partial charge is 0.507 e. The Morgan fingerprint density at radius 1 is 0.855 bits per heavy atom. The zero-order valence-electron chi connectivity index (χ0n) is 34.8. The molecule has 3 unspecified atom stereocenters. The zero-order valence-corrected chi connectivity index (χ0v) is 35.6. The lowest BCUT2D eigenvalue weighted by molar-refractivity contribution is -0.141. The van der Waals surface area contributed by atoms with Crippen molar-refractivity contribution in [1.82, 2.24) is 26.2 Å². The molecule has 4 bridgehead atoms. The van der Waals surface area contributed by atoms with Crippen molar-refractivity contribution in [2.75, 3.05) is 13.6 Å². The number of Topliss-reactive ketones (excluding diaryl/α,β-unsaturated/α-hetero) is 1. The topological polar surface area (TPSA) is 233 Å². The Balaban J connectivity index is 1.31. The van der Waals surface area contributed by atoms with Gasteiger partial charge in [0.15, 0.2) is 5.78 Å². The number of ketones is 1. The van der Waals surface area contributed by atoms with E-state index in [1.807, 2.05) is 12.1 Å². The minimum Gasteiger partial charge on any atom is -0.507 e. The number of phenolic OH excluding ortho intramolecular Hbond substituents is 2. The molecule has 1 fully saturated rings. The summed E-state index contributed by atoms with van der Waals surface area (Å²) in [5.74, 6) is -4.17. The van der Waals surface area contributed by atoms with E-state index in [9.17, 15) is 39.0 Å². The first-order chi connectivity index (χ1) is 29.6. The summed E-state index contributed by atoms with van der Waals surface area (Å²) in [7, 11) is 1.39. The van der Waals surface area contributed by atoms with Crippen LogP contribution in [-0.2, 0) is 35.1 Å². The summed E-state index contributed by atoms with van der Waals surface area (Å²) < 4.78 is 5.27. The van der Waals surface area contributed by atoms with Gasteiger partial charge in [-0.15, -0.1) is 0 Å². The van der Waals surface area contributed by atoms with E-state index in [1.165, 1.54) is 45.2 Å². The van der Waals surface area contributed by atoms with Gasteiger partial charge in [0.1, 0.15) is 41.8 Å². The Morgan fingerprint density at radius 2 is 1.47 bits per heavy atom. The molecule has 5 amide bonds. The summed E-state index contributed by atoms with van der Waals surface area (Å²) in [6, 6.07) is 16.8. The number of nitrogens with two attached hydrogens (primary N) is 1. The number of unbranched alkanes of at least 4 members (excludes halogenated alkanes) is 1. The standard InChI is InChI=1S/C46H51ClN6O9/c1-24(40(56)41-26(3)62-41)49-44(59)36-22-27-8-18-37(54)33(21-27)34-23-31(15-19-38(34)55)39(45(60)50-25(2)42(57)52-36)53(4)46(61)35(7-5-6-20-48)51-43(58)30-11-9-28(10-12-30)29-13-16-32(47)17-14-29/h8-19,21,23-26,35-36,39,41,54-55H,5-7,20,22,48H2,1-4H3,(H,49,59)(H,50,60)(H,51,58)(H,52,57)/t24-,25-,26?,35-,36?,39-,41?/m0/s1. The van der Waals surface area contributed by atoms with Gasteiger partial charge in [-0.1, -0.05) is 48.0 Å². The number of carbonyl (C=O) groups is 6. The number of halogens is 1. The van der Waals surface area contributed by atoms with Gasteiger partial charge in [-0.3, -0.25) is 28.8 Å². The van der Waals surface area contributed by atoms with E-state index < -0.39 is 65.8 Å². The predicted molar refractivity (Wildman–Crippen MR) is 232 cm³/mol. The Morgan fingerprint density at radius 3 is 2.10 bits per heavy atom. The molecule has 4 aromatic carbocycles. The van der Waals surface area contributed by atoms with E-state index >= 15 is 0 Å². The van der Waals surface area contributed by atoms with Gasteiger partial charge < -0.3 is 46.9 Å². The number of nitrogens with one attached hydrogen (secondary N) is 4. The van der Waals surface area contributed by atoms with Crippen molar-refractivity contribution in [2.24, 2.45) is 5.73 Å². The highest BCUT2D eigenvalue weighted by Gasteiger charge is 2.43. The van der Waals surface area contributed by atoms with Crippen LogP contribution < -0.4 is 27.0 Å². The third-order valence-electron chi connectivity index (χ3n) is 11.1. The van der Waals surface area contributed by atoms with Gasteiger partial charge in [0.25, 0.3) is 5.91 Å². The van der Waals surface area contributed by atoms with E-state index in [0.717, 1.165) is 16.0 Å². The number of hydrogen-bond acceptors (Lipinski definition) is 10. The molecule has 2 aliphatic rings. The highest BCUT2D eigenvalue weighted by atomic mass is 35.5. The Bertz CT molecular complexity index is 2340. The average Bonchev–Trinajstić information content (AvgIpc) is 3.99. The molecule has 0 spiro atoms. The van der Waals surface area contributed by atoms with Gasteiger partial charge in [0, 0.05) is 35.2 Å². The fourth-order valence-corrected chi connectivity index (χ4v) is 7.58. The van der Waals surface area contributed by atoms with Gasteiger partial charge in [-0.05, 0) is 117 Å². The summed E-state index contributed by atoms with van der Waals surface area (Å²) in [4.78, 5) is 84.1. The molecule has 6 rings (SSSR count). The molecule has 8 N–H and O–H groups in total. The molecule has 62 heavy (non-hydrogen) atoms. The van der Waals surface area contributed by atoms with Crippen LogP contribution in [0.4, 0.5) is 0 Å². The molecule has 0 radical (unpaired) electrons. The molecule has 326 valence electrons. The van der Waals surface area contributed by atoms with Crippen LogP contribution in [0.3, 0.4) is 0 Å². The molecule has 0 aliphatic carbocycles. The van der Waals surface area contributed by atoms with Crippen molar-refractivity contribution in [3.8, 4) is 33.8 Å². The first-order valence-corrected chi connectivity index (χ1v) is 20.8. The fraction of sp³-hybridized carbons (Fsp3) is 0.348. The van der Waals surface area contributed by atoms with Crippen molar-refractivity contribution in [3.63, 3.8) is 0 Å². The molecule has 7 atom stereocenters. The number of ether oxygens (including phenoxy) is 1. The Labute approximate surface area is 364 Å². The number of amides is 5. The zero-order chi connectivity index (χ0) is 44.8. The number of rotatable bonds is 13.